The highest BCUT2D eigenvalue weighted by Crippen LogP contribution is 2.10. The Balaban J connectivity index is 1.81. The number of amides is 1. The lowest BCUT2D eigenvalue weighted by molar-refractivity contribution is -0.116. The molecule has 1 amide bonds. The van der Waals surface area contributed by atoms with Crippen molar-refractivity contribution in [2.24, 2.45) is 0 Å². The molecule has 0 saturated heterocycles. The van der Waals surface area contributed by atoms with Crippen LogP contribution in [0, 0.1) is 0 Å². The second-order valence-electron chi connectivity index (χ2n) is 4.79. The number of carbonyl (C=O) groups excluding carboxylic acids is 1. The predicted molar refractivity (Wildman–Crippen MR) is 85.5 cm³/mol. The molecule has 0 bridgehead atoms. The van der Waals surface area contributed by atoms with Crippen LogP contribution in [-0.2, 0) is 11.2 Å². The Morgan fingerprint density at radius 1 is 1.14 bits per heavy atom. The molecule has 0 aliphatic heterocycles. The van der Waals surface area contributed by atoms with Gasteiger partial charge in [0.1, 0.15) is 0 Å². The van der Waals surface area contributed by atoms with E-state index in [1.165, 1.54) is 0 Å². The Labute approximate surface area is 131 Å². The molecule has 110 valence electrons. The summed E-state index contributed by atoms with van der Waals surface area (Å²) in [6.45, 7) is 0. The number of nitrogens with zero attached hydrogens (tertiary/aromatic N) is 2. The molecule has 2 aromatic carbocycles. The van der Waals surface area contributed by atoms with E-state index in [0.717, 1.165) is 15.7 Å². The van der Waals surface area contributed by atoms with Crippen LogP contribution in [0.25, 0.3) is 10.8 Å². The third kappa shape index (κ3) is 2.99. The number of hydrogen-bond donors (Lipinski definition) is 1. The molecule has 22 heavy (non-hydrogen) atoms. The molecule has 1 aromatic heterocycles. The molecule has 0 atom stereocenters. The Hall–Kier alpha value is -2.66. The first-order valence-electron chi connectivity index (χ1n) is 6.65. The lowest BCUT2D eigenvalue weighted by Crippen LogP contribution is -2.35. The van der Waals surface area contributed by atoms with Crippen LogP contribution in [0.15, 0.2) is 59.5 Å². The molecule has 5 nitrogen and oxygen atoms in total. The van der Waals surface area contributed by atoms with Gasteiger partial charge in [-0.15, -0.1) is 4.79 Å². The van der Waals surface area contributed by atoms with Crippen molar-refractivity contribution in [1.29, 1.82) is 0 Å². The summed E-state index contributed by atoms with van der Waals surface area (Å²) in [5.74, 6) is -0.327. The molecular weight excluding hydrogens is 302 g/mol. The molecule has 1 heterocycles. The highest BCUT2D eigenvalue weighted by atomic mass is 35.5. The summed E-state index contributed by atoms with van der Waals surface area (Å²) in [6.07, 6.45) is 1.68. The van der Waals surface area contributed by atoms with Gasteiger partial charge in [0.05, 0.1) is 18.0 Å². The SMILES string of the molecule is O=C(Cc1ccc(Cl)cc1)Nn1ncc2ccccc2c1=O. The fraction of sp³-hybridized carbons (Fsp3) is 0.0625. The van der Waals surface area contributed by atoms with Gasteiger partial charge in [-0.1, -0.05) is 41.9 Å². The van der Waals surface area contributed by atoms with E-state index in [4.69, 9.17) is 11.6 Å². The maximum Gasteiger partial charge on any atom is 0.294 e. The molecule has 0 unspecified atom stereocenters. The zero-order valence-corrected chi connectivity index (χ0v) is 12.2. The van der Waals surface area contributed by atoms with Crippen molar-refractivity contribution in [3.05, 3.63) is 75.7 Å². The highest BCUT2D eigenvalue weighted by molar-refractivity contribution is 6.30. The lowest BCUT2D eigenvalue weighted by Gasteiger charge is -2.07. The quantitative estimate of drug-likeness (QED) is 0.807. The molecule has 0 aliphatic carbocycles. The molecule has 0 saturated carbocycles. The maximum absolute atomic E-state index is 12.2. The van der Waals surface area contributed by atoms with Gasteiger partial charge in [0.25, 0.3) is 5.56 Å². The van der Waals surface area contributed by atoms with Gasteiger partial charge in [0.15, 0.2) is 0 Å². The lowest BCUT2D eigenvalue weighted by atomic mass is 10.1. The van der Waals surface area contributed by atoms with Gasteiger partial charge in [-0.25, -0.2) is 5.43 Å². The minimum Gasteiger partial charge on any atom is -0.273 e. The topological polar surface area (TPSA) is 64.0 Å². The van der Waals surface area contributed by atoms with Crippen LogP contribution >= 0.6 is 11.6 Å². The van der Waals surface area contributed by atoms with Crippen molar-refractivity contribution >= 4 is 28.3 Å². The number of halogens is 1. The molecule has 0 spiro atoms. The second kappa shape index (κ2) is 5.99. The number of benzene rings is 2. The molecular formula is C16H12ClN3O2. The summed E-state index contributed by atoms with van der Waals surface area (Å²) >= 11 is 5.80. The van der Waals surface area contributed by atoms with Crippen LogP contribution in [0.4, 0.5) is 0 Å². The summed E-state index contributed by atoms with van der Waals surface area (Å²) in [5.41, 5.74) is 2.93. The highest BCUT2D eigenvalue weighted by Gasteiger charge is 2.08. The Morgan fingerprint density at radius 3 is 2.64 bits per heavy atom. The summed E-state index contributed by atoms with van der Waals surface area (Å²) in [7, 11) is 0. The number of nitrogens with one attached hydrogen (secondary N) is 1. The number of carbonyl (C=O) groups is 1. The van der Waals surface area contributed by atoms with Gasteiger partial charge < -0.3 is 0 Å². The zero-order chi connectivity index (χ0) is 15.5. The first-order valence-corrected chi connectivity index (χ1v) is 7.03. The second-order valence-corrected chi connectivity index (χ2v) is 5.22. The minimum absolute atomic E-state index is 0.137. The number of hydrogen-bond acceptors (Lipinski definition) is 3. The van der Waals surface area contributed by atoms with E-state index in [2.05, 4.69) is 10.5 Å². The smallest absolute Gasteiger partial charge is 0.273 e. The van der Waals surface area contributed by atoms with Crippen molar-refractivity contribution in [2.45, 2.75) is 6.42 Å². The fourth-order valence-corrected chi connectivity index (χ4v) is 2.24. The van der Waals surface area contributed by atoms with Crippen LogP contribution in [0.1, 0.15) is 5.56 Å². The molecule has 0 fully saturated rings. The summed E-state index contributed by atoms with van der Waals surface area (Å²) in [6, 6.07) is 14.0. The standard InChI is InChI=1S/C16H12ClN3O2/c17-13-7-5-11(6-8-13)9-15(21)19-20-16(22)14-4-2-1-3-12(14)10-18-20/h1-8,10H,9H2,(H,19,21). The van der Waals surface area contributed by atoms with Gasteiger partial charge in [0.2, 0.25) is 5.91 Å². The molecule has 6 heteroatoms. The van der Waals surface area contributed by atoms with E-state index >= 15 is 0 Å². The summed E-state index contributed by atoms with van der Waals surface area (Å²) in [4.78, 5) is 25.2. The molecule has 1 N–H and O–H groups in total. The van der Waals surface area contributed by atoms with Crippen LogP contribution in [0.2, 0.25) is 5.02 Å². The minimum atomic E-state index is -0.359. The van der Waals surface area contributed by atoms with Crippen molar-refractivity contribution in [1.82, 2.24) is 9.89 Å². The van der Waals surface area contributed by atoms with Crippen LogP contribution < -0.4 is 11.0 Å². The van der Waals surface area contributed by atoms with Gasteiger partial charge in [-0.05, 0) is 23.8 Å². The Kier molecular flexibility index (Phi) is 3.89. The van der Waals surface area contributed by atoms with Crippen molar-refractivity contribution in [3.63, 3.8) is 0 Å². The Bertz CT molecular complexity index is 888. The van der Waals surface area contributed by atoms with E-state index in [-0.39, 0.29) is 17.9 Å². The molecule has 0 aliphatic rings. The van der Waals surface area contributed by atoms with Gasteiger partial charge in [-0.3, -0.25) is 9.59 Å². The molecule has 0 radical (unpaired) electrons. The average molecular weight is 314 g/mol. The van der Waals surface area contributed by atoms with Crippen LogP contribution in [0.3, 0.4) is 0 Å². The normalized spacial score (nSPS) is 10.6. The van der Waals surface area contributed by atoms with E-state index in [1.807, 2.05) is 6.07 Å². The van der Waals surface area contributed by atoms with Crippen LogP contribution in [-0.4, -0.2) is 15.8 Å². The third-order valence-electron chi connectivity index (χ3n) is 3.20. The zero-order valence-electron chi connectivity index (χ0n) is 11.5. The molecule has 3 rings (SSSR count). The van der Waals surface area contributed by atoms with Crippen molar-refractivity contribution < 1.29 is 4.79 Å². The average Bonchev–Trinajstić information content (AvgIpc) is 2.53. The molecule has 3 aromatic rings. The first-order chi connectivity index (χ1) is 10.6. The van der Waals surface area contributed by atoms with Gasteiger partial charge in [0, 0.05) is 10.4 Å². The van der Waals surface area contributed by atoms with Crippen molar-refractivity contribution in [3.8, 4) is 0 Å². The fourth-order valence-electron chi connectivity index (χ4n) is 2.12. The number of fused-ring (bicyclic) bond motifs is 1. The number of aromatic nitrogens is 2. The van der Waals surface area contributed by atoms with E-state index in [1.54, 1.807) is 48.7 Å². The van der Waals surface area contributed by atoms with E-state index in [0.29, 0.717) is 10.4 Å². The largest absolute Gasteiger partial charge is 0.294 e. The van der Waals surface area contributed by atoms with Crippen molar-refractivity contribution in [2.75, 3.05) is 5.43 Å². The Morgan fingerprint density at radius 2 is 1.86 bits per heavy atom. The van der Waals surface area contributed by atoms with Gasteiger partial charge in [-0.2, -0.15) is 5.10 Å². The first kappa shape index (κ1) is 14.3. The summed E-state index contributed by atoms with van der Waals surface area (Å²) in [5, 5.41) is 5.80. The van der Waals surface area contributed by atoms with E-state index in [9.17, 15) is 9.59 Å². The van der Waals surface area contributed by atoms with Gasteiger partial charge >= 0.3 is 0 Å². The van der Waals surface area contributed by atoms with Crippen LogP contribution in [0.5, 0.6) is 0 Å². The van der Waals surface area contributed by atoms with E-state index < -0.39 is 0 Å². The third-order valence-corrected chi connectivity index (χ3v) is 3.46. The maximum atomic E-state index is 12.2. The number of rotatable bonds is 3. The summed E-state index contributed by atoms with van der Waals surface area (Å²) < 4.78 is 0. The predicted octanol–water partition coefficient (Wildman–Crippen LogP) is 2.36. The monoisotopic (exact) mass is 313 g/mol.